The smallest absolute Gasteiger partial charge is 0.173 e. The lowest BCUT2D eigenvalue weighted by Gasteiger charge is -2.07. The largest absolute Gasteiger partial charge is 0.373 e. The first-order chi connectivity index (χ1) is 6.31. The van der Waals surface area contributed by atoms with Crippen molar-refractivity contribution in [2.24, 2.45) is 5.73 Å². The summed E-state index contributed by atoms with van der Waals surface area (Å²) in [6.07, 6.45) is 2.53. The summed E-state index contributed by atoms with van der Waals surface area (Å²) < 4.78 is 0. The fourth-order valence-electron chi connectivity index (χ4n) is 2.04. The maximum absolute atomic E-state index is 5.43. The summed E-state index contributed by atoms with van der Waals surface area (Å²) in [5.74, 6) is 0. The van der Waals surface area contributed by atoms with Gasteiger partial charge in [0.2, 0.25) is 0 Å². The van der Waals surface area contributed by atoms with Crippen molar-refractivity contribution in [3.8, 4) is 0 Å². The number of aryl methyl sites for hydroxylation is 1. The second-order valence-corrected chi connectivity index (χ2v) is 3.73. The monoisotopic (exact) mass is 174 g/mol. The molecule has 3 N–H and O–H groups in total. The second-order valence-electron chi connectivity index (χ2n) is 3.73. The highest BCUT2D eigenvalue weighted by molar-refractivity contribution is 6.73. The highest BCUT2D eigenvalue weighted by Gasteiger charge is 2.21. The fraction of sp³-hybridized carbons (Fsp3) is 0.400. The van der Waals surface area contributed by atoms with E-state index in [1.54, 1.807) is 0 Å². The van der Waals surface area contributed by atoms with E-state index in [1.807, 2.05) is 0 Å². The van der Waals surface area contributed by atoms with Gasteiger partial charge in [0, 0.05) is 5.69 Å². The Balaban J connectivity index is 2.31. The first-order valence-electron chi connectivity index (χ1n) is 4.88. The van der Waals surface area contributed by atoms with Gasteiger partial charge in [-0.2, -0.15) is 0 Å². The molecule has 1 aliphatic heterocycles. The van der Waals surface area contributed by atoms with Crippen LogP contribution in [0.5, 0.6) is 0 Å². The molecule has 2 rings (SSSR count). The third kappa shape index (κ3) is 1.56. The molecule has 1 aromatic rings. The Morgan fingerprint density at radius 2 is 2.38 bits per heavy atom. The Morgan fingerprint density at radius 3 is 3.15 bits per heavy atom. The number of fused-ring (bicyclic) bond motifs is 1. The van der Waals surface area contributed by atoms with Gasteiger partial charge in [0.1, 0.15) is 0 Å². The summed E-state index contributed by atoms with van der Waals surface area (Å²) >= 11 is 0. The van der Waals surface area contributed by atoms with Gasteiger partial charge in [-0.1, -0.05) is 30.2 Å². The Bertz CT molecular complexity index is 312. The van der Waals surface area contributed by atoms with Crippen molar-refractivity contribution in [2.75, 3.05) is 12.0 Å². The number of benzene rings is 1. The summed E-state index contributed by atoms with van der Waals surface area (Å²) in [5, 5.41) is 3.14. The molecule has 13 heavy (non-hydrogen) atoms. The molecule has 0 saturated heterocycles. The quantitative estimate of drug-likeness (QED) is 0.516. The minimum atomic E-state index is 0.507. The van der Waals surface area contributed by atoms with Crippen molar-refractivity contribution in [2.45, 2.75) is 19.6 Å². The van der Waals surface area contributed by atoms with Gasteiger partial charge in [-0.25, -0.2) is 0 Å². The zero-order valence-electron chi connectivity index (χ0n) is 8.01. The van der Waals surface area contributed by atoms with Crippen molar-refractivity contribution in [3.05, 3.63) is 23.8 Å². The minimum Gasteiger partial charge on any atom is -0.373 e. The van der Waals surface area contributed by atoms with Crippen molar-refractivity contribution in [1.82, 2.24) is 0 Å². The lowest BCUT2D eigenvalue weighted by Crippen LogP contribution is -2.23. The zero-order chi connectivity index (χ0) is 9.26. The van der Waals surface area contributed by atoms with Crippen LogP contribution in [0.25, 0.3) is 0 Å². The molecule has 0 aromatic heterocycles. The Hall–Kier alpha value is -0.955. The van der Waals surface area contributed by atoms with Crippen LogP contribution in [0, 0.1) is 0 Å². The van der Waals surface area contributed by atoms with E-state index in [0.717, 1.165) is 12.4 Å². The van der Waals surface area contributed by atoms with Crippen LogP contribution in [-0.2, 0) is 6.42 Å². The molecule has 0 spiro atoms. The second kappa shape index (κ2) is 3.42. The predicted molar refractivity (Wildman–Crippen MR) is 58.9 cm³/mol. The van der Waals surface area contributed by atoms with Gasteiger partial charge in [0.15, 0.2) is 6.71 Å². The summed E-state index contributed by atoms with van der Waals surface area (Å²) in [6, 6.07) is 6.57. The molecule has 3 heteroatoms. The number of nitrogens with one attached hydrogen (secondary N) is 1. The minimum absolute atomic E-state index is 0.507. The Labute approximate surface area is 79.6 Å². The van der Waals surface area contributed by atoms with Crippen LogP contribution in [0.15, 0.2) is 18.2 Å². The van der Waals surface area contributed by atoms with Crippen LogP contribution in [0.3, 0.4) is 0 Å². The number of nitrogens with two attached hydrogens (primary N) is 1. The van der Waals surface area contributed by atoms with Gasteiger partial charge >= 0.3 is 0 Å². The van der Waals surface area contributed by atoms with E-state index < -0.39 is 0 Å². The van der Waals surface area contributed by atoms with Crippen LogP contribution >= 0.6 is 0 Å². The molecule has 0 radical (unpaired) electrons. The summed E-state index contributed by atoms with van der Waals surface area (Å²) in [7, 11) is 0. The van der Waals surface area contributed by atoms with Crippen LogP contribution in [0.1, 0.15) is 5.56 Å². The molecule has 0 atom stereocenters. The Kier molecular flexibility index (Phi) is 2.27. The van der Waals surface area contributed by atoms with Crippen LogP contribution in [0.2, 0.25) is 13.1 Å². The SMILES string of the molecule is CB1CCc2ccc(NCN)cc21. The maximum atomic E-state index is 5.43. The van der Waals surface area contributed by atoms with Gasteiger partial charge in [-0.15, -0.1) is 0 Å². The van der Waals surface area contributed by atoms with Crippen molar-refractivity contribution < 1.29 is 0 Å². The molecule has 2 nitrogen and oxygen atoms in total. The van der Waals surface area contributed by atoms with Gasteiger partial charge in [0.25, 0.3) is 0 Å². The molecule has 0 amide bonds. The Morgan fingerprint density at radius 1 is 1.54 bits per heavy atom. The summed E-state index contributed by atoms with van der Waals surface area (Å²) in [6.45, 7) is 3.51. The lowest BCUT2D eigenvalue weighted by atomic mass is 9.48. The molecule has 0 saturated carbocycles. The van der Waals surface area contributed by atoms with Crippen molar-refractivity contribution >= 4 is 17.9 Å². The molecule has 0 aliphatic carbocycles. The highest BCUT2D eigenvalue weighted by atomic mass is 15.0. The van der Waals surface area contributed by atoms with Crippen LogP contribution < -0.4 is 16.5 Å². The zero-order valence-corrected chi connectivity index (χ0v) is 8.01. The van der Waals surface area contributed by atoms with E-state index in [0.29, 0.717) is 6.67 Å². The third-order valence-corrected chi connectivity index (χ3v) is 2.83. The molecule has 1 heterocycles. The van der Waals surface area contributed by atoms with Gasteiger partial charge in [-0.05, 0) is 18.6 Å². The highest BCUT2D eigenvalue weighted by Crippen LogP contribution is 2.17. The van der Waals surface area contributed by atoms with Gasteiger partial charge in [0.05, 0.1) is 6.67 Å². The molecule has 0 fully saturated rings. The fourth-order valence-corrected chi connectivity index (χ4v) is 2.04. The van der Waals surface area contributed by atoms with Crippen LogP contribution in [0.4, 0.5) is 5.69 Å². The van der Waals surface area contributed by atoms with Crippen molar-refractivity contribution in [1.29, 1.82) is 0 Å². The molecule has 68 valence electrons. The first kappa shape index (κ1) is 8.63. The molecule has 1 aliphatic rings. The lowest BCUT2D eigenvalue weighted by molar-refractivity contribution is 1.14. The predicted octanol–water partition coefficient (Wildman–Crippen LogP) is 0.902. The third-order valence-electron chi connectivity index (χ3n) is 2.83. The standard InChI is InChI=1S/C10H15BN2/c1-11-5-4-8-2-3-9(13-7-12)6-10(8)11/h2-3,6,13H,4-5,7,12H2,1H3. The number of hydrogen-bond donors (Lipinski definition) is 2. The first-order valence-corrected chi connectivity index (χ1v) is 4.88. The average Bonchev–Trinajstić information content (AvgIpc) is 2.49. The van der Waals surface area contributed by atoms with E-state index in [1.165, 1.54) is 23.8 Å². The van der Waals surface area contributed by atoms with E-state index in [4.69, 9.17) is 5.73 Å². The van der Waals surface area contributed by atoms with Crippen LogP contribution in [-0.4, -0.2) is 13.4 Å². The van der Waals surface area contributed by atoms with E-state index in [-0.39, 0.29) is 0 Å². The number of anilines is 1. The number of hydrogen-bond acceptors (Lipinski definition) is 2. The van der Waals surface area contributed by atoms with Crippen molar-refractivity contribution in [3.63, 3.8) is 0 Å². The summed E-state index contributed by atoms with van der Waals surface area (Å²) in [5.41, 5.74) is 9.59. The molecule has 1 aromatic carbocycles. The molecule has 0 bridgehead atoms. The molecular formula is C10H15BN2. The maximum Gasteiger partial charge on any atom is 0.173 e. The van der Waals surface area contributed by atoms with E-state index in [2.05, 4.69) is 30.3 Å². The number of rotatable bonds is 2. The molecule has 0 unspecified atom stereocenters. The van der Waals surface area contributed by atoms with E-state index >= 15 is 0 Å². The average molecular weight is 174 g/mol. The summed E-state index contributed by atoms with van der Waals surface area (Å²) in [4.78, 5) is 0. The molecular weight excluding hydrogens is 159 g/mol. The van der Waals surface area contributed by atoms with Gasteiger partial charge < -0.3 is 11.1 Å². The topological polar surface area (TPSA) is 38.0 Å². The van der Waals surface area contributed by atoms with E-state index in [9.17, 15) is 0 Å². The normalized spacial score (nSPS) is 14.5. The van der Waals surface area contributed by atoms with Gasteiger partial charge in [-0.3, -0.25) is 0 Å².